The van der Waals surface area contributed by atoms with E-state index in [0.29, 0.717) is 6.42 Å². The van der Waals surface area contributed by atoms with Gasteiger partial charge >= 0.3 is 19.8 Å². The lowest BCUT2D eigenvalue weighted by Crippen LogP contribution is -2.29. The molecule has 0 aromatic heterocycles. The van der Waals surface area contributed by atoms with E-state index < -0.39 is 26.5 Å². The second-order valence-corrected chi connectivity index (χ2v) is 23.1. The Morgan fingerprint density at radius 1 is 0.403 bits per heavy atom. The number of allylic oxidation sites excluding steroid dienone is 12. The molecule has 0 saturated heterocycles. The van der Waals surface area contributed by atoms with Crippen LogP contribution in [0.3, 0.4) is 0 Å². The molecule has 0 aliphatic heterocycles. The van der Waals surface area contributed by atoms with Crippen LogP contribution < -0.4 is 5.73 Å². The topological polar surface area (TPSA) is 134 Å². The zero-order valence-corrected chi connectivity index (χ0v) is 51.1. The van der Waals surface area contributed by atoms with Crippen LogP contribution in [0.2, 0.25) is 0 Å². The highest BCUT2D eigenvalue weighted by molar-refractivity contribution is 7.47. The molecule has 0 rings (SSSR count). The standard InChI is InChI=1S/C67H122NO8P/c1-3-5-7-9-11-13-15-17-19-21-23-25-27-29-30-31-32-33-34-36-38-40-42-44-46-48-50-52-54-56-58-60-67(70)76-65(64-75-77(71,72)74-62-61-68)63-73-66(69)59-57-55-53-51-49-47-45-43-41-39-37-35-28-26-24-22-20-18-16-14-12-10-8-6-4-2/h5,7,11,13,17,19,22-25,29-30,65H,3-4,6,8-10,12,14-16,18,20-21,26-28,31-64,68H2,1-2H3,(H,71,72)/b7-5-,13-11-,19-17-,24-22-,25-23-,30-29-. The van der Waals surface area contributed by atoms with E-state index in [1.807, 2.05) is 0 Å². The number of esters is 2. The van der Waals surface area contributed by atoms with Crippen LogP contribution in [0.15, 0.2) is 72.9 Å². The highest BCUT2D eigenvalue weighted by Crippen LogP contribution is 2.43. The fraction of sp³-hybridized carbons (Fsp3) is 0.791. The number of carbonyl (C=O) groups excluding carboxylic acids is 2. The fourth-order valence-corrected chi connectivity index (χ4v) is 10.1. The summed E-state index contributed by atoms with van der Waals surface area (Å²) in [6, 6.07) is 0. The van der Waals surface area contributed by atoms with Crippen molar-refractivity contribution in [3.8, 4) is 0 Å². The second kappa shape index (κ2) is 62.6. The number of unbranched alkanes of at least 4 members (excludes halogenated alkanes) is 36. The van der Waals surface area contributed by atoms with Crippen molar-refractivity contribution in [2.24, 2.45) is 5.73 Å². The molecule has 0 aromatic rings. The summed E-state index contributed by atoms with van der Waals surface area (Å²) in [7, 11) is -4.39. The molecular weight excluding hydrogens is 978 g/mol. The number of phosphoric acid groups is 1. The maximum atomic E-state index is 12.7. The number of ether oxygens (including phenoxy) is 2. The predicted octanol–water partition coefficient (Wildman–Crippen LogP) is 20.9. The molecule has 0 radical (unpaired) electrons. The van der Waals surface area contributed by atoms with E-state index >= 15 is 0 Å². The Morgan fingerprint density at radius 3 is 1.08 bits per heavy atom. The molecule has 2 atom stereocenters. The van der Waals surface area contributed by atoms with Crippen LogP contribution in [0.1, 0.15) is 309 Å². The molecule has 0 amide bonds. The van der Waals surface area contributed by atoms with Crippen molar-refractivity contribution in [2.45, 2.75) is 315 Å². The molecule has 3 N–H and O–H groups in total. The Labute approximate surface area is 475 Å². The van der Waals surface area contributed by atoms with Crippen LogP contribution in [0.25, 0.3) is 0 Å². The molecule has 10 heteroatoms. The van der Waals surface area contributed by atoms with E-state index in [1.165, 1.54) is 205 Å². The minimum Gasteiger partial charge on any atom is -0.462 e. The van der Waals surface area contributed by atoms with Gasteiger partial charge in [0.25, 0.3) is 0 Å². The average Bonchev–Trinajstić information content (AvgIpc) is 3.42. The first-order valence-corrected chi connectivity index (χ1v) is 33.9. The lowest BCUT2D eigenvalue weighted by molar-refractivity contribution is -0.161. The van der Waals surface area contributed by atoms with Crippen LogP contribution in [0.5, 0.6) is 0 Å². The van der Waals surface area contributed by atoms with E-state index in [-0.39, 0.29) is 38.6 Å². The monoisotopic (exact) mass is 1100 g/mol. The molecule has 2 unspecified atom stereocenters. The summed E-state index contributed by atoms with van der Waals surface area (Å²) in [6.45, 7) is 3.67. The summed E-state index contributed by atoms with van der Waals surface area (Å²) in [5, 5.41) is 0. The molecule has 0 heterocycles. The van der Waals surface area contributed by atoms with Crippen molar-refractivity contribution in [2.75, 3.05) is 26.4 Å². The maximum absolute atomic E-state index is 12.7. The minimum atomic E-state index is -4.39. The SMILES string of the molecule is CC/C=C\C/C=C\C/C=C\C/C=C\C/C=C\CCCCCCCCCCCCCCCCCC(=O)OC(COC(=O)CCCCCCCCCCCCCCC/C=C\CCCCCCCCCC)COP(=O)(O)OCCN. The number of hydrogen-bond donors (Lipinski definition) is 2. The van der Waals surface area contributed by atoms with Gasteiger partial charge in [-0.3, -0.25) is 18.6 Å². The molecule has 0 saturated carbocycles. The van der Waals surface area contributed by atoms with E-state index in [9.17, 15) is 19.0 Å². The number of hydrogen-bond acceptors (Lipinski definition) is 8. The van der Waals surface area contributed by atoms with Crippen molar-refractivity contribution in [1.82, 2.24) is 0 Å². The van der Waals surface area contributed by atoms with Gasteiger partial charge in [-0.25, -0.2) is 4.57 Å². The Kier molecular flexibility index (Phi) is 60.6. The Bertz CT molecular complexity index is 1490. The summed E-state index contributed by atoms with van der Waals surface area (Å²) in [6.07, 6.45) is 81.2. The first-order valence-electron chi connectivity index (χ1n) is 32.4. The third kappa shape index (κ3) is 62.5. The zero-order valence-electron chi connectivity index (χ0n) is 50.2. The Balaban J connectivity index is 3.90. The summed E-state index contributed by atoms with van der Waals surface area (Å²) in [4.78, 5) is 35.3. The zero-order chi connectivity index (χ0) is 55.9. The van der Waals surface area contributed by atoms with Crippen LogP contribution >= 0.6 is 7.82 Å². The van der Waals surface area contributed by atoms with Crippen molar-refractivity contribution >= 4 is 19.8 Å². The van der Waals surface area contributed by atoms with Crippen LogP contribution in [0, 0.1) is 0 Å². The Hall–Kier alpha value is -2.55. The van der Waals surface area contributed by atoms with Crippen LogP contribution in [0.4, 0.5) is 0 Å². The molecule has 448 valence electrons. The van der Waals surface area contributed by atoms with Gasteiger partial charge in [-0.1, -0.05) is 286 Å². The third-order valence-electron chi connectivity index (χ3n) is 14.1. The highest BCUT2D eigenvalue weighted by atomic mass is 31.2. The molecule has 0 aromatic carbocycles. The van der Waals surface area contributed by atoms with E-state index in [4.69, 9.17) is 24.3 Å². The van der Waals surface area contributed by atoms with Crippen LogP contribution in [-0.2, 0) is 32.7 Å². The molecule has 0 fully saturated rings. The first kappa shape index (κ1) is 74.5. The highest BCUT2D eigenvalue weighted by Gasteiger charge is 2.26. The Morgan fingerprint density at radius 2 is 0.714 bits per heavy atom. The number of nitrogens with two attached hydrogens (primary N) is 1. The minimum absolute atomic E-state index is 0.0527. The van der Waals surface area contributed by atoms with Crippen LogP contribution in [-0.4, -0.2) is 49.3 Å². The molecule has 0 bridgehead atoms. The smallest absolute Gasteiger partial charge is 0.462 e. The summed E-state index contributed by atoms with van der Waals surface area (Å²) >= 11 is 0. The van der Waals surface area contributed by atoms with Crippen molar-refractivity contribution < 1.29 is 37.6 Å². The van der Waals surface area contributed by atoms with Crippen molar-refractivity contribution in [3.05, 3.63) is 72.9 Å². The largest absolute Gasteiger partial charge is 0.472 e. The molecule has 9 nitrogen and oxygen atoms in total. The third-order valence-corrected chi connectivity index (χ3v) is 15.1. The van der Waals surface area contributed by atoms with Gasteiger partial charge in [0.15, 0.2) is 6.10 Å². The van der Waals surface area contributed by atoms with Gasteiger partial charge in [-0.05, 0) is 83.5 Å². The van der Waals surface area contributed by atoms with Crippen molar-refractivity contribution in [3.63, 3.8) is 0 Å². The van der Waals surface area contributed by atoms with E-state index in [0.717, 1.165) is 70.6 Å². The number of carbonyl (C=O) groups is 2. The lowest BCUT2D eigenvalue weighted by atomic mass is 10.0. The summed E-state index contributed by atoms with van der Waals surface area (Å²) in [5.41, 5.74) is 5.39. The van der Waals surface area contributed by atoms with Gasteiger partial charge in [0.1, 0.15) is 6.61 Å². The lowest BCUT2D eigenvalue weighted by Gasteiger charge is -2.19. The van der Waals surface area contributed by atoms with Crippen molar-refractivity contribution in [1.29, 1.82) is 0 Å². The molecule has 0 aliphatic rings. The van der Waals surface area contributed by atoms with Gasteiger partial charge in [0.05, 0.1) is 13.2 Å². The maximum Gasteiger partial charge on any atom is 0.472 e. The van der Waals surface area contributed by atoms with Gasteiger partial charge in [0.2, 0.25) is 0 Å². The average molecular weight is 1100 g/mol. The molecule has 77 heavy (non-hydrogen) atoms. The number of phosphoric ester groups is 1. The molecule has 0 aliphatic carbocycles. The van der Waals surface area contributed by atoms with Gasteiger partial charge in [0, 0.05) is 19.4 Å². The van der Waals surface area contributed by atoms with Gasteiger partial charge in [-0.15, -0.1) is 0 Å². The molecular formula is C67H122NO8P. The van der Waals surface area contributed by atoms with Gasteiger partial charge < -0.3 is 20.1 Å². The van der Waals surface area contributed by atoms with E-state index in [2.05, 4.69) is 86.8 Å². The van der Waals surface area contributed by atoms with Gasteiger partial charge in [-0.2, -0.15) is 0 Å². The fourth-order valence-electron chi connectivity index (χ4n) is 9.31. The second-order valence-electron chi connectivity index (χ2n) is 21.6. The number of rotatable bonds is 61. The first-order chi connectivity index (χ1) is 37.8. The summed E-state index contributed by atoms with van der Waals surface area (Å²) in [5.74, 6) is -0.817. The normalized spacial score (nSPS) is 13.5. The summed E-state index contributed by atoms with van der Waals surface area (Å²) < 4.78 is 33.1. The van der Waals surface area contributed by atoms with E-state index in [1.54, 1.807) is 0 Å². The quantitative estimate of drug-likeness (QED) is 0.0264. The predicted molar refractivity (Wildman–Crippen MR) is 330 cm³/mol. The molecule has 0 spiro atoms.